The first-order valence-corrected chi connectivity index (χ1v) is 7.41. The lowest BCUT2D eigenvalue weighted by Gasteiger charge is -2.31. The molecule has 0 aliphatic heterocycles. The zero-order chi connectivity index (χ0) is 13.5. The topological polar surface area (TPSA) is 41.5 Å². The highest BCUT2D eigenvalue weighted by molar-refractivity contribution is 5.95. The Bertz CT molecular complexity index is 590. The van der Waals surface area contributed by atoms with Gasteiger partial charge in [0.05, 0.1) is 0 Å². The zero-order valence-electron chi connectivity index (χ0n) is 11.3. The Balaban J connectivity index is 1.33. The van der Waals surface area contributed by atoms with E-state index in [4.69, 9.17) is 0 Å². The van der Waals surface area contributed by atoms with Crippen molar-refractivity contribution in [2.24, 2.45) is 22.9 Å². The van der Waals surface area contributed by atoms with Gasteiger partial charge in [0.25, 0.3) is 0 Å². The molecule has 0 saturated heterocycles. The van der Waals surface area contributed by atoms with Crippen LogP contribution >= 0.6 is 0 Å². The molecule has 0 unspecified atom stereocenters. The molecule has 0 spiro atoms. The predicted octanol–water partition coefficient (Wildman–Crippen LogP) is 2.86. The molecule has 1 aromatic carbocycles. The van der Waals surface area contributed by atoms with Crippen molar-refractivity contribution in [3.8, 4) is 0 Å². The Morgan fingerprint density at radius 3 is 2.85 bits per heavy atom. The van der Waals surface area contributed by atoms with Crippen molar-refractivity contribution in [1.29, 1.82) is 0 Å². The molecule has 2 saturated carbocycles. The monoisotopic (exact) mass is 266 g/mol. The number of nitrogens with zero attached hydrogens (tertiary/aromatic N) is 1. The van der Waals surface area contributed by atoms with Crippen molar-refractivity contribution >= 4 is 11.6 Å². The van der Waals surface area contributed by atoms with Crippen LogP contribution in [0, 0.1) is 17.8 Å². The molecular weight excluding hydrogens is 248 g/mol. The summed E-state index contributed by atoms with van der Waals surface area (Å²) >= 11 is 0. The molecule has 4 rings (SSSR count). The van der Waals surface area contributed by atoms with Gasteiger partial charge < -0.3 is 0 Å². The first-order chi connectivity index (χ1) is 9.83. The molecule has 3 aliphatic rings. The van der Waals surface area contributed by atoms with Crippen molar-refractivity contribution in [3.63, 3.8) is 0 Å². The lowest BCUT2D eigenvalue weighted by molar-refractivity contribution is -0.122. The summed E-state index contributed by atoms with van der Waals surface area (Å²) in [7, 11) is 0. The van der Waals surface area contributed by atoms with E-state index in [1.165, 1.54) is 11.3 Å². The van der Waals surface area contributed by atoms with Crippen molar-refractivity contribution in [1.82, 2.24) is 5.43 Å². The number of fused-ring (bicyclic) bond motifs is 1. The Labute approximate surface area is 118 Å². The quantitative estimate of drug-likeness (QED) is 0.663. The van der Waals surface area contributed by atoms with E-state index in [9.17, 15) is 4.79 Å². The highest BCUT2D eigenvalue weighted by atomic mass is 16.2. The number of hydrazone groups is 1. The minimum atomic E-state index is 0.0840. The fourth-order valence-corrected chi connectivity index (χ4v) is 3.43. The Kier molecular flexibility index (Phi) is 2.72. The van der Waals surface area contributed by atoms with E-state index < -0.39 is 0 Å². The van der Waals surface area contributed by atoms with Gasteiger partial charge in [-0.05, 0) is 36.7 Å². The molecule has 2 fully saturated rings. The molecule has 0 heterocycles. The molecule has 3 aliphatic carbocycles. The van der Waals surface area contributed by atoms with Crippen molar-refractivity contribution < 1.29 is 4.79 Å². The fourth-order valence-electron chi connectivity index (χ4n) is 3.43. The van der Waals surface area contributed by atoms with Crippen molar-refractivity contribution in [2.75, 3.05) is 0 Å². The van der Waals surface area contributed by atoms with E-state index in [-0.39, 0.29) is 11.8 Å². The molecule has 4 atom stereocenters. The van der Waals surface area contributed by atoms with Gasteiger partial charge in [-0.15, -0.1) is 0 Å². The largest absolute Gasteiger partial charge is 0.273 e. The number of benzene rings is 1. The molecule has 0 bridgehead atoms. The Hall–Kier alpha value is -1.90. The molecule has 1 aromatic rings. The SMILES string of the molecule is O=C(N/N=C1\C[C@@H]2C=CC[C@H]12)[C@H]1C[C@@H]1c1ccccc1. The summed E-state index contributed by atoms with van der Waals surface area (Å²) in [5, 5.41) is 4.34. The van der Waals surface area contributed by atoms with Crippen molar-refractivity contribution in [2.45, 2.75) is 25.2 Å². The molecule has 20 heavy (non-hydrogen) atoms. The van der Waals surface area contributed by atoms with Gasteiger partial charge >= 0.3 is 0 Å². The Morgan fingerprint density at radius 2 is 2.05 bits per heavy atom. The second-order valence-electron chi connectivity index (χ2n) is 6.08. The number of amides is 1. The van der Waals surface area contributed by atoms with E-state index in [2.05, 4.69) is 34.8 Å². The van der Waals surface area contributed by atoms with E-state index in [0.29, 0.717) is 17.8 Å². The molecule has 0 aromatic heterocycles. The number of rotatable bonds is 3. The molecule has 3 heteroatoms. The summed E-state index contributed by atoms with van der Waals surface area (Å²) < 4.78 is 0. The third kappa shape index (κ3) is 1.98. The molecule has 0 radical (unpaired) electrons. The van der Waals surface area contributed by atoms with Crippen LogP contribution in [-0.4, -0.2) is 11.6 Å². The third-order valence-corrected chi connectivity index (χ3v) is 4.83. The first kappa shape index (κ1) is 11.9. The normalized spacial score (nSPS) is 35.5. The van der Waals surface area contributed by atoms with E-state index in [1.54, 1.807) is 0 Å². The number of carbonyl (C=O) groups excluding carboxylic acids is 1. The number of hydrogen-bond donors (Lipinski definition) is 1. The standard InChI is InChI=1S/C17H18N2O/c20-17(15-10-14(15)11-5-2-1-3-6-11)19-18-16-9-12-7-4-8-13(12)16/h1-7,12-15H,8-10H2,(H,19,20)/b18-16+/t12-,13-,14+,15-/m0/s1. The minimum Gasteiger partial charge on any atom is -0.273 e. The van der Waals surface area contributed by atoms with Gasteiger partial charge in [-0.3, -0.25) is 4.79 Å². The van der Waals surface area contributed by atoms with E-state index >= 15 is 0 Å². The van der Waals surface area contributed by atoms with Crippen LogP contribution < -0.4 is 5.43 Å². The smallest absolute Gasteiger partial charge is 0.243 e. The second kappa shape index (κ2) is 4.58. The van der Waals surface area contributed by atoms with E-state index in [0.717, 1.165) is 19.3 Å². The maximum Gasteiger partial charge on any atom is 0.243 e. The van der Waals surface area contributed by atoms with E-state index in [1.807, 2.05) is 18.2 Å². The molecule has 1 amide bonds. The van der Waals surface area contributed by atoms with Gasteiger partial charge in [0.2, 0.25) is 5.91 Å². The Morgan fingerprint density at radius 1 is 1.20 bits per heavy atom. The fraction of sp³-hybridized carbons (Fsp3) is 0.412. The molecule has 102 valence electrons. The van der Waals surface area contributed by atoms with Crippen LogP contribution in [0.2, 0.25) is 0 Å². The number of allylic oxidation sites excluding steroid dienone is 2. The highest BCUT2D eigenvalue weighted by Gasteiger charge is 2.44. The average Bonchev–Trinajstić information content (AvgIpc) is 3.18. The maximum atomic E-state index is 12.1. The number of hydrogen-bond acceptors (Lipinski definition) is 2. The highest BCUT2D eigenvalue weighted by Crippen LogP contribution is 2.47. The van der Waals surface area contributed by atoms with Gasteiger partial charge in [0.15, 0.2) is 0 Å². The van der Waals surface area contributed by atoms with Gasteiger partial charge in [-0.25, -0.2) is 5.43 Å². The summed E-state index contributed by atoms with van der Waals surface area (Å²) in [4.78, 5) is 12.1. The average molecular weight is 266 g/mol. The van der Waals surface area contributed by atoms with Gasteiger partial charge in [0, 0.05) is 17.5 Å². The predicted molar refractivity (Wildman–Crippen MR) is 78.2 cm³/mol. The lowest BCUT2D eigenvalue weighted by Crippen LogP contribution is -2.35. The van der Waals surface area contributed by atoms with Gasteiger partial charge in [-0.1, -0.05) is 42.5 Å². The van der Waals surface area contributed by atoms with Crippen LogP contribution in [-0.2, 0) is 4.79 Å². The summed E-state index contributed by atoms with van der Waals surface area (Å²) in [5.41, 5.74) is 5.22. The van der Waals surface area contributed by atoms with Crippen LogP contribution in [0.5, 0.6) is 0 Å². The van der Waals surface area contributed by atoms with Crippen LogP contribution in [0.25, 0.3) is 0 Å². The summed E-state index contributed by atoms with van der Waals surface area (Å²) in [6.45, 7) is 0. The lowest BCUT2D eigenvalue weighted by atomic mass is 9.74. The van der Waals surface area contributed by atoms with Crippen molar-refractivity contribution in [3.05, 3.63) is 48.0 Å². The zero-order valence-corrected chi connectivity index (χ0v) is 11.3. The van der Waals surface area contributed by atoms with Crippen LogP contribution in [0.4, 0.5) is 0 Å². The molecule has 1 N–H and O–H groups in total. The van der Waals surface area contributed by atoms with Crippen LogP contribution in [0.3, 0.4) is 0 Å². The van der Waals surface area contributed by atoms with Gasteiger partial charge in [-0.2, -0.15) is 5.10 Å². The van der Waals surface area contributed by atoms with Crippen LogP contribution in [0.1, 0.15) is 30.7 Å². The number of nitrogens with one attached hydrogen (secondary N) is 1. The molecular formula is C17H18N2O. The summed E-state index contributed by atoms with van der Waals surface area (Å²) in [6.07, 6.45) is 7.57. The summed E-state index contributed by atoms with van der Waals surface area (Å²) in [5.74, 6) is 1.84. The second-order valence-corrected chi connectivity index (χ2v) is 6.08. The number of carbonyl (C=O) groups is 1. The minimum absolute atomic E-state index is 0.0840. The first-order valence-electron chi connectivity index (χ1n) is 7.41. The van der Waals surface area contributed by atoms with Gasteiger partial charge in [0.1, 0.15) is 0 Å². The van der Waals surface area contributed by atoms with Crippen LogP contribution in [0.15, 0.2) is 47.6 Å². The third-order valence-electron chi connectivity index (χ3n) is 4.83. The molecule has 3 nitrogen and oxygen atoms in total. The maximum absolute atomic E-state index is 12.1. The summed E-state index contributed by atoms with van der Waals surface area (Å²) in [6, 6.07) is 10.3.